The molecule has 1 aromatic rings. The Morgan fingerprint density at radius 1 is 1.33 bits per heavy atom. The molecule has 0 bridgehead atoms. The maximum Gasteiger partial charge on any atom is 0.417 e. The standard InChI is InChI=1S/C13H17BrF3N/c1-3-8(2)6-12(18)9-4-5-11(14)10(7-9)13(15,16)17/h4-5,7-8,12H,3,6,18H2,1-2H3. The fourth-order valence-electron chi connectivity index (χ4n) is 1.73. The number of halogens is 4. The lowest BCUT2D eigenvalue weighted by atomic mass is 9.94. The minimum atomic E-state index is -4.36. The molecule has 1 rings (SSSR count). The highest BCUT2D eigenvalue weighted by Gasteiger charge is 2.33. The van der Waals surface area contributed by atoms with Crippen LogP contribution >= 0.6 is 15.9 Å². The lowest BCUT2D eigenvalue weighted by molar-refractivity contribution is -0.138. The summed E-state index contributed by atoms with van der Waals surface area (Å²) in [5.74, 6) is 0.401. The lowest BCUT2D eigenvalue weighted by Crippen LogP contribution is -2.15. The SMILES string of the molecule is CCC(C)CC(N)c1ccc(Br)c(C(F)(F)F)c1. The molecule has 5 heteroatoms. The summed E-state index contributed by atoms with van der Waals surface area (Å²) in [5, 5.41) is 0. The molecule has 0 spiro atoms. The molecule has 2 atom stereocenters. The predicted octanol–water partition coefficient (Wildman–Crippen LogP) is 4.90. The highest BCUT2D eigenvalue weighted by atomic mass is 79.9. The Balaban J connectivity index is 2.98. The summed E-state index contributed by atoms with van der Waals surface area (Å²) >= 11 is 2.92. The molecule has 0 saturated heterocycles. The Labute approximate surface area is 114 Å². The van der Waals surface area contributed by atoms with Crippen LogP contribution in [-0.4, -0.2) is 0 Å². The number of benzene rings is 1. The maximum absolute atomic E-state index is 12.7. The van der Waals surface area contributed by atoms with Crippen LogP contribution in [0.5, 0.6) is 0 Å². The van der Waals surface area contributed by atoms with Gasteiger partial charge in [0.25, 0.3) is 0 Å². The van der Waals surface area contributed by atoms with Crippen molar-refractivity contribution in [2.75, 3.05) is 0 Å². The summed E-state index contributed by atoms with van der Waals surface area (Å²) in [6.07, 6.45) is -2.70. The number of alkyl halides is 3. The van der Waals surface area contributed by atoms with Crippen LogP contribution in [-0.2, 0) is 6.18 Å². The molecule has 2 unspecified atom stereocenters. The van der Waals surface area contributed by atoms with E-state index in [2.05, 4.69) is 15.9 Å². The van der Waals surface area contributed by atoms with E-state index in [1.54, 1.807) is 6.07 Å². The second kappa shape index (κ2) is 6.06. The van der Waals surface area contributed by atoms with Crippen molar-refractivity contribution in [1.82, 2.24) is 0 Å². The topological polar surface area (TPSA) is 26.0 Å². The fraction of sp³-hybridized carbons (Fsp3) is 0.538. The minimum Gasteiger partial charge on any atom is -0.324 e. The van der Waals surface area contributed by atoms with Gasteiger partial charge in [-0.15, -0.1) is 0 Å². The molecular weight excluding hydrogens is 307 g/mol. The lowest BCUT2D eigenvalue weighted by Gasteiger charge is -2.18. The van der Waals surface area contributed by atoms with E-state index >= 15 is 0 Å². The predicted molar refractivity (Wildman–Crippen MR) is 70.1 cm³/mol. The van der Waals surface area contributed by atoms with Gasteiger partial charge in [-0.3, -0.25) is 0 Å². The molecule has 0 heterocycles. The molecule has 0 radical (unpaired) electrons. The van der Waals surface area contributed by atoms with Gasteiger partial charge in [0.1, 0.15) is 0 Å². The molecule has 18 heavy (non-hydrogen) atoms. The van der Waals surface area contributed by atoms with Crippen molar-refractivity contribution < 1.29 is 13.2 Å². The Hall–Kier alpha value is -0.550. The van der Waals surface area contributed by atoms with Crippen LogP contribution in [0.15, 0.2) is 22.7 Å². The van der Waals surface area contributed by atoms with Crippen LogP contribution in [0.2, 0.25) is 0 Å². The summed E-state index contributed by atoms with van der Waals surface area (Å²) in [6, 6.07) is 3.84. The van der Waals surface area contributed by atoms with Gasteiger partial charge < -0.3 is 5.73 Å². The van der Waals surface area contributed by atoms with E-state index in [-0.39, 0.29) is 10.5 Å². The van der Waals surface area contributed by atoms with Gasteiger partial charge in [0.15, 0.2) is 0 Å². The van der Waals surface area contributed by atoms with Gasteiger partial charge >= 0.3 is 6.18 Å². The van der Waals surface area contributed by atoms with Gasteiger partial charge in [-0.1, -0.05) is 42.3 Å². The second-order valence-corrected chi connectivity index (χ2v) is 5.45. The Morgan fingerprint density at radius 3 is 2.44 bits per heavy atom. The molecule has 0 saturated carbocycles. The van der Waals surface area contributed by atoms with Crippen LogP contribution < -0.4 is 5.73 Å². The Morgan fingerprint density at radius 2 is 1.94 bits per heavy atom. The van der Waals surface area contributed by atoms with Crippen molar-refractivity contribution in [3.63, 3.8) is 0 Å². The molecule has 0 aliphatic rings. The third-order valence-electron chi connectivity index (χ3n) is 3.08. The third-order valence-corrected chi connectivity index (χ3v) is 3.77. The van der Waals surface area contributed by atoms with Gasteiger partial charge in [0, 0.05) is 10.5 Å². The third kappa shape index (κ3) is 3.99. The fourth-order valence-corrected chi connectivity index (χ4v) is 2.20. The number of nitrogens with two attached hydrogens (primary N) is 1. The van der Waals surface area contributed by atoms with Gasteiger partial charge in [0.2, 0.25) is 0 Å². The van der Waals surface area contributed by atoms with Crippen molar-refractivity contribution in [2.45, 2.75) is 38.9 Å². The van der Waals surface area contributed by atoms with E-state index in [0.717, 1.165) is 12.5 Å². The molecule has 1 nitrogen and oxygen atoms in total. The zero-order valence-corrected chi connectivity index (χ0v) is 12.0. The van der Waals surface area contributed by atoms with E-state index in [0.29, 0.717) is 17.9 Å². The van der Waals surface area contributed by atoms with Crippen molar-refractivity contribution >= 4 is 15.9 Å². The summed E-state index contributed by atoms with van der Waals surface area (Å²) in [7, 11) is 0. The molecule has 0 fully saturated rings. The number of hydrogen-bond acceptors (Lipinski definition) is 1. The van der Waals surface area contributed by atoms with Gasteiger partial charge in [-0.25, -0.2) is 0 Å². The summed E-state index contributed by atoms with van der Waals surface area (Å²) in [4.78, 5) is 0. The van der Waals surface area contributed by atoms with E-state index in [4.69, 9.17) is 5.73 Å². The van der Waals surface area contributed by atoms with Gasteiger partial charge in [-0.2, -0.15) is 13.2 Å². The first-order valence-electron chi connectivity index (χ1n) is 5.88. The molecule has 0 aliphatic heterocycles. The average molecular weight is 324 g/mol. The van der Waals surface area contributed by atoms with Crippen LogP contribution in [0.4, 0.5) is 13.2 Å². The highest BCUT2D eigenvalue weighted by Crippen LogP contribution is 2.36. The quantitative estimate of drug-likeness (QED) is 0.837. The average Bonchev–Trinajstić information content (AvgIpc) is 2.27. The van der Waals surface area contributed by atoms with Crippen LogP contribution in [0.25, 0.3) is 0 Å². The van der Waals surface area contributed by atoms with Crippen molar-refractivity contribution in [1.29, 1.82) is 0 Å². The maximum atomic E-state index is 12.7. The Kier molecular flexibility index (Phi) is 5.22. The molecule has 2 N–H and O–H groups in total. The Bertz CT molecular complexity index is 404. The zero-order chi connectivity index (χ0) is 13.9. The molecule has 102 valence electrons. The first-order valence-corrected chi connectivity index (χ1v) is 6.67. The summed E-state index contributed by atoms with van der Waals surface area (Å²) in [5.41, 5.74) is 5.82. The van der Waals surface area contributed by atoms with E-state index in [9.17, 15) is 13.2 Å². The van der Waals surface area contributed by atoms with Gasteiger partial charge in [0.05, 0.1) is 5.56 Å². The summed E-state index contributed by atoms with van der Waals surface area (Å²) < 4.78 is 38.3. The molecule has 0 aromatic heterocycles. The zero-order valence-electron chi connectivity index (χ0n) is 10.4. The first-order chi connectivity index (χ1) is 8.25. The van der Waals surface area contributed by atoms with Gasteiger partial charge in [-0.05, 0) is 30.0 Å². The number of hydrogen-bond donors (Lipinski definition) is 1. The monoisotopic (exact) mass is 323 g/mol. The van der Waals surface area contributed by atoms with E-state index in [1.165, 1.54) is 6.07 Å². The number of rotatable bonds is 4. The molecule has 1 aromatic carbocycles. The molecular formula is C13H17BrF3N. The molecule has 0 aliphatic carbocycles. The second-order valence-electron chi connectivity index (χ2n) is 4.59. The molecule has 0 amide bonds. The van der Waals surface area contributed by atoms with E-state index < -0.39 is 11.7 Å². The van der Waals surface area contributed by atoms with E-state index in [1.807, 2.05) is 13.8 Å². The minimum absolute atomic E-state index is 0.0505. The first kappa shape index (κ1) is 15.5. The van der Waals surface area contributed by atoms with Crippen LogP contribution in [0.1, 0.15) is 43.9 Å². The van der Waals surface area contributed by atoms with Crippen LogP contribution in [0.3, 0.4) is 0 Å². The largest absolute Gasteiger partial charge is 0.417 e. The van der Waals surface area contributed by atoms with Crippen molar-refractivity contribution in [3.8, 4) is 0 Å². The van der Waals surface area contributed by atoms with Crippen molar-refractivity contribution in [3.05, 3.63) is 33.8 Å². The van der Waals surface area contributed by atoms with Crippen molar-refractivity contribution in [2.24, 2.45) is 11.7 Å². The smallest absolute Gasteiger partial charge is 0.324 e. The normalized spacial score (nSPS) is 15.5. The summed E-state index contributed by atoms with van der Waals surface area (Å²) in [6.45, 7) is 4.09. The highest BCUT2D eigenvalue weighted by molar-refractivity contribution is 9.10. The van der Waals surface area contributed by atoms with Crippen LogP contribution in [0, 0.1) is 5.92 Å².